The fraction of sp³-hybridized carbons (Fsp3) is 0.619. The second kappa shape index (κ2) is 7.41. The normalized spacial score (nSPS) is 19.9. The molecule has 2 aliphatic rings. The smallest absolute Gasteiger partial charge is 0.253 e. The van der Waals surface area contributed by atoms with E-state index in [0.717, 1.165) is 30.7 Å². The number of rotatable bonds is 6. The van der Waals surface area contributed by atoms with E-state index in [2.05, 4.69) is 24.1 Å². The van der Waals surface area contributed by atoms with Gasteiger partial charge >= 0.3 is 0 Å². The van der Waals surface area contributed by atoms with E-state index in [9.17, 15) is 9.59 Å². The van der Waals surface area contributed by atoms with Crippen LogP contribution < -0.4 is 15.0 Å². The third kappa shape index (κ3) is 4.37. The summed E-state index contributed by atoms with van der Waals surface area (Å²) < 4.78 is 5.87. The van der Waals surface area contributed by atoms with Crippen LogP contribution in [-0.2, 0) is 4.79 Å². The molecule has 6 nitrogen and oxygen atoms in total. The summed E-state index contributed by atoms with van der Waals surface area (Å²) in [5.41, 5.74) is 1.49. The van der Waals surface area contributed by atoms with Crippen LogP contribution in [0.15, 0.2) is 18.2 Å². The van der Waals surface area contributed by atoms with Gasteiger partial charge in [0.05, 0.1) is 18.2 Å². The number of hydrogen-bond donors (Lipinski definition) is 1. The number of carbonyl (C=O) groups excluding carboxylic acids is 2. The molecule has 1 saturated carbocycles. The second-order valence-corrected chi connectivity index (χ2v) is 8.59. The quantitative estimate of drug-likeness (QED) is 0.833. The fourth-order valence-corrected chi connectivity index (χ4v) is 3.87. The van der Waals surface area contributed by atoms with Crippen LogP contribution in [0.5, 0.6) is 5.75 Å². The summed E-state index contributed by atoms with van der Waals surface area (Å²) in [5, 5.41) is 3.25. The zero-order chi connectivity index (χ0) is 19.8. The van der Waals surface area contributed by atoms with Crippen molar-refractivity contribution < 1.29 is 14.3 Å². The summed E-state index contributed by atoms with van der Waals surface area (Å²) in [5.74, 6) is 1.36. The van der Waals surface area contributed by atoms with Gasteiger partial charge in [-0.25, -0.2) is 0 Å². The molecule has 0 unspecified atom stereocenters. The van der Waals surface area contributed by atoms with Crippen molar-refractivity contribution in [2.45, 2.75) is 51.1 Å². The van der Waals surface area contributed by atoms with Gasteiger partial charge in [-0.1, -0.05) is 13.8 Å². The average Bonchev–Trinajstić information content (AvgIpc) is 3.34. The van der Waals surface area contributed by atoms with Gasteiger partial charge < -0.3 is 19.9 Å². The highest BCUT2D eigenvalue weighted by molar-refractivity contribution is 5.95. The van der Waals surface area contributed by atoms with Gasteiger partial charge in [0.2, 0.25) is 5.91 Å². The Labute approximate surface area is 161 Å². The van der Waals surface area contributed by atoms with Crippen LogP contribution >= 0.6 is 0 Å². The molecule has 1 aromatic carbocycles. The molecule has 3 rings (SSSR count). The molecule has 0 radical (unpaired) electrons. The van der Waals surface area contributed by atoms with Crippen LogP contribution in [0.3, 0.4) is 0 Å². The molecule has 1 fully saturated rings. The van der Waals surface area contributed by atoms with Crippen molar-refractivity contribution in [3.8, 4) is 5.75 Å². The van der Waals surface area contributed by atoms with Crippen LogP contribution in [0.25, 0.3) is 0 Å². The van der Waals surface area contributed by atoms with Crippen LogP contribution in [0, 0.1) is 5.92 Å². The lowest BCUT2D eigenvalue weighted by molar-refractivity contribution is -0.122. The van der Waals surface area contributed by atoms with Gasteiger partial charge in [-0.15, -0.1) is 0 Å². The monoisotopic (exact) mass is 373 g/mol. The van der Waals surface area contributed by atoms with Crippen molar-refractivity contribution in [3.05, 3.63) is 23.8 Å². The van der Waals surface area contributed by atoms with Crippen molar-refractivity contribution in [1.82, 2.24) is 10.2 Å². The number of amides is 2. The minimum Gasteiger partial charge on any atom is -0.489 e. The van der Waals surface area contributed by atoms with E-state index in [-0.39, 0.29) is 23.4 Å². The van der Waals surface area contributed by atoms with Crippen molar-refractivity contribution in [1.29, 1.82) is 0 Å². The van der Waals surface area contributed by atoms with Crippen molar-refractivity contribution in [2.24, 2.45) is 5.92 Å². The molecule has 0 spiro atoms. The number of likely N-dealkylation sites (N-methyl/N-ethyl adjacent to an activating group) is 1. The SMILES string of the molecule is CC(C)CC1(NC(=O)C[C@H]2COc3ccc(C(=O)N(C)C)cc3N2C)CC1. The summed E-state index contributed by atoms with van der Waals surface area (Å²) in [7, 11) is 5.43. The third-order valence-corrected chi connectivity index (χ3v) is 5.45. The van der Waals surface area contributed by atoms with Gasteiger partial charge in [0, 0.05) is 32.2 Å². The van der Waals surface area contributed by atoms with Gasteiger partial charge in [0.15, 0.2) is 0 Å². The minimum atomic E-state index is -0.0459. The fourth-order valence-electron chi connectivity index (χ4n) is 3.87. The molecule has 1 aliphatic heterocycles. The Hall–Kier alpha value is -2.24. The van der Waals surface area contributed by atoms with E-state index in [0.29, 0.717) is 24.5 Å². The largest absolute Gasteiger partial charge is 0.489 e. The maximum atomic E-state index is 12.6. The summed E-state index contributed by atoms with van der Waals surface area (Å²) >= 11 is 0. The third-order valence-electron chi connectivity index (χ3n) is 5.45. The molecule has 0 saturated heterocycles. The minimum absolute atomic E-state index is 0.0164. The van der Waals surface area contributed by atoms with Gasteiger partial charge in [-0.3, -0.25) is 9.59 Å². The van der Waals surface area contributed by atoms with E-state index >= 15 is 0 Å². The Morgan fingerprint density at radius 3 is 2.63 bits per heavy atom. The number of nitrogens with one attached hydrogen (secondary N) is 1. The first kappa shape index (κ1) is 19.5. The summed E-state index contributed by atoms with van der Waals surface area (Å²) in [6.45, 7) is 4.85. The van der Waals surface area contributed by atoms with Crippen molar-refractivity contribution in [3.63, 3.8) is 0 Å². The summed E-state index contributed by atoms with van der Waals surface area (Å²) in [4.78, 5) is 28.5. The first-order valence-electron chi connectivity index (χ1n) is 9.73. The zero-order valence-electron chi connectivity index (χ0n) is 17.0. The van der Waals surface area contributed by atoms with Gasteiger partial charge in [0.25, 0.3) is 5.91 Å². The summed E-state index contributed by atoms with van der Waals surface area (Å²) in [6.07, 6.45) is 3.58. The predicted octanol–water partition coefficient (Wildman–Crippen LogP) is 2.67. The number of nitrogens with zero attached hydrogens (tertiary/aromatic N) is 2. The number of benzene rings is 1. The van der Waals surface area contributed by atoms with E-state index in [1.165, 1.54) is 0 Å². The van der Waals surface area contributed by atoms with E-state index in [4.69, 9.17) is 4.74 Å². The van der Waals surface area contributed by atoms with Crippen molar-refractivity contribution in [2.75, 3.05) is 32.6 Å². The molecule has 0 bridgehead atoms. The van der Waals surface area contributed by atoms with Gasteiger partial charge in [-0.2, -0.15) is 0 Å². The number of fused-ring (bicyclic) bond motifs is 1. The first-order chi connectivity index (χ1) is 12.7. The Morgan fingerprint density at radius 2 is 2.04 bits per heavy atom. The molecule has 27 heavy (non-hydrogen) atoms. The van der Waals surface area contributed by atoms with E-state index < -0.39 is 0 Å². The Balaban J connectivity index is 1.67. The Morgan fingerprint density at radius 1 is 1.33 bits per heavy atom. The van der Waals surface area contributed by atoms with Crippen molar-refractivity contribution >= 4 is 17.5 Å². The number of carbonyl (C=O) groups is 2. The van der Waals surface area contributed by atoms with Crippen LogP contribution in [0.2, 0.25) is 0 Å². The zero-order valence-corrected chi connectivity index (χ0v) is 17.0. The van der Waals surface area contributed by atoms with Gasteiger partial charge in [0.1, 0.15) is 12.4 Å². The van der Waals surface area contributed by atoms with Crippen LogP contribution in [0.1, 0.15) is 49.9 Å². The molecular formula is C21H31N3O3. The maximum Gasteiger partial charge on any atom is 0.253 e. The predicted molar refractivity (Wildman–Crippen MR) is 106 cm³/mol. The molecule has 6 heteroatoms. The van der Waals surface area contributed by atoms with Crippen LogP contribution in [0.4, 0.5) is 5.69 Å². The van der Waals surface area contributed by atoms with Gasteiger partial charge in [-0.05, 0) is 43.4 Å². The molecule has 1 aliphatic carbocycles. The van der Waals surface area contributed by atoms with E-state index in [1.54, 1.807) is 25.1 Å². The highest BCUT2D eigenvalue weighted by atomic mass is 16.5. The van der Waals surface area contributed by atoms with Crippen LogP contribution in [-0.4, -0.2) is 56.0 Å². The maximum absolute atomic E-state index is 12.6. The highest BCUT2D eigenvalue weighted by Crippen LogP contribution is 2.41. The summed E-state index contributed by atoms with van der Waals surface area (Å²) in [6, 6.07) is 5.42. The molecule has 1 N–H and O–H groups in total. The standard InChI is InChI=1S/C21H31N3O3/c1-14(2)12-21(8-9-21)22-19(25)11-16-13-27-18-7-6-15(20(26)23(3)4)10-17(18)24(16)5/h6-7,10,14,16H,8-9,11-13H2,1-5H3,(H,22,25)/t16-/m0/s1. The molecule has 2 amide bonds. The average molecular weight is 373 g/mol. The molecule has 0 aromatic heterocycles. The lowest BCUT2D eigenvalue weighted by atomic mass is 10.0. The number of hydrogen-bond acceptors (Lipinski definition) is 4. The number of ether oxygens (including phenoxy) is 1. The molecule has 1 atom stereocenters. The Kier molecular flexibility index (Phi) is 5.36. The lowest BCUT2D eigenvalue weighted by Gasteiger charge is -2.36. The molecular weight excluding hydrogens is 342 g/mol. The topological polar surface area (TPSA) is 61.9 Å². The van der Waals surface area contributed by atoms with E-state index in [1.807, 2.05) is 19.2 Å². The highest BCUT2D eigenvalue weighted by Gasteiger charge is 2.44. The second-order valence-electron chi connectivity index (χ2n) is 8.59. The Bertz CT molecular complexity index is 725. The lowest BCUT2D eigenvalue weighted by Crippen LogP contribution is -2.46. The number of anilines is 1. The first-order valence-corrected chi connectivity index (χ1v) is 9.73. The molecule has 1 heterocycles. The molecule has 148 valence electrons. The molecule has 1 aromatic rings.